The summed E-state index contributed by atoms with van der Waals surface area (Å²) < 4.78 is 0. The predicted octanol–water partition coefficient (Wildman–Crippen LogP) is 1.24. The number of anilines is 1. The highest BCUT2D eigenvalue weighted by Crippen LogP contribution is 2.13. The Morgan fingerprint density at radius 3 is 2.92 bits per heavy atom. The van der Waals surface area contributed by atoms with Crippen molar-refractivity contribution >= 4 is 23.8 Å². The smallest absolute Gasteiger partial charge is 0.189 e. The molecule has 12 heavy (non-hydrogen) atoms. The molecule has 1 heterocycles. The van der Waals surface area contributed by atoms with Gasteiger partial charge in [-0.3, -0.25) is 0 Å². The Hall–Kier alpha value is -1.10. The molecule has 4 nitrogen and oxygen atoms in total. The van der Waals surface area contributed by atoms with Crippen LogP contribution in [0.5, 0.6) is 0 Å². The molecule has 0 spiro atoms. The van der Waals surface area contributed by atoms with Crippen LogP contribution in [0.25, 0.3) is 0 Å². The zero-order valence-electron chi connectivity index (χ0n) is 6.96. The van der Waals surface area contributed by atoms with Gasteiger partial charge in [0.1, 0.15) is 5.82 Å². The second-order valence-corrected chi connectivity index (χ2v) is 2.83. The molecule has 64 valence electrons. The number of nitrogens with zero attached hydrogens (tertiary/aromatic N) is 2. The zero-order valence-corrected chi connectivity index (χ0v) is 7.77. The summed E-state index contributed by atoms with van der Waals surface area (Å²) in [5.74, 6) is 0.698. The first-order chi connectivity index (χ1) is 5.81. The highest BCUT2D eigenvalue weighted by atomic mass is 32.2. The van der Waals surface area contributed by atoms with E-state index in [2.05, 4.69) is 15.3 Å². The molecule has 0 aliphatic heterocycles. The van der Waals surface area contributed by atoms with Crippen LogP contribution in [-0.4, -0.2) is 29.5 Å². The van der Waals surface area contributed by atoms with Crippen LogP contribution in [0.4, 0.5) is 5.82 Å². The van der Waals surface area contributed by atoms with Gasteiger partial charge in [0, 0.05) is 19.5 Å². The Morgan fingerprint density at radius 2 is 2.42 bits per heavy atom. The van der Waals surface area contributed by atoms with E-state index in [1.165, 1.54) is 18.0 Å². The van der Waals surface area contributed by atoms with Crippen molar-refractivity contribution in [1.82, 2.24) is 9.97 Å². The lowest BCUT2D eigenvalue weighted by Crippen LogP contribution is -2.00. The summed E-state index contributed by atoms with van der Waals surface area (Å²) >= 11 is 1.48. The largest absolute Gasteiger partial charge is 0.372 e. The van der Waals surface area contributed by atoms with Crippen LogP contribution < -0.4 is 5.32 Å². The number of hydrogen-bond donors (Lipinski definition) is 2. The number of rotatable bonds is 3. The predicted molar refractivity (Wildman–Crippen MR) is 51.2 cm³/mol. The van der Waals surface area contributed by atoms with E-state index in [-0.39, 0.29) is 0 Å². The molecule has 0 saturated heterocycles. The Kier molecular flexibility index (Phi) is 3.04. The quantitative estimate of drug-likeness (QED) is 0.419. The van der Waals surface area contributed by atoms with E-state index >= 15 is 0 Å². The molecule has 0 atom stereocenters. The number of hydrogen-bond acceptors (Lipinski definition) is 5. The monoisotopic (exact) mass is 182 g/mol. The summed E-state index contributed by atoms with van der Waals surface area (Å²) in [4.78, 5) is 8.21. The van der Waals surface area contributed by atoms with Crippen molar-refractivity contribution in [1.29, 1.82) is 5.41 Å². The highest BCUT2D eigenvalue weighted by Gasteiger charge is 2.01. The molecular weight excluding hydrogens is 172 g/mol. The van der Waals surface area contributed by atoms with Crippen molar-refractivity contribution < 1.29 is 0 Å². The van der Waals surface area contributed by atoms with Crippen LogP contribution in [0.2, 0.25) is 0 Å². The summed E-state index contributed by atoms with van der Waals surface area (Å²) in [5, 5.41) is 10.7. The van der Waals surface area contributed by atoms with Crippen molar-refractivity contribution in [3.05, 3.63) is 11.8 Å². The Balaban J connectivity index is 3.10. The average Bonchev–Trinajstić information content (AvgIpc) is 2.16. The van der Waals surface area contributed by atoms with E-state index in [9.17, 15) is 0 Å². The van der Waals surface area contributed by atoms with E-state index in [0.29, 0.717) is 16.5 Å². The van der Waals surface area contributed by atoms with Crippen molar-refractivity contribution in [3.8, 4) is 0 Å². The standard InChI is InChI=1S/C7H10N4S/c1-9-6-5(3-8)4-10-7(11-6)12-2/h3-4,8H,1-2H3,(H,9,10,11). The Morgan fingerprint density at radius 1 is 1.67 bits per heavy atom. The second-order valence-electron chi connectivity index (χ2n) is 2.05. The van der Waals surface area contributed by atoms with Crippen LogP contribution in [0, 0.1) is 5.41 Å². The third kappa shape index (κ3) is 1.73. The first kappa shape index (κ1) is 8.99. The number of nitrogens with one attached hydrogen (secondary N) is 2. The molecule has 2 N–H and O–H groups in total. The van der Waals surface area contributed by atoms with Crippen LogP contribution in [0.3, 0.4) is 0 Å². The zero-order chi connectivity index (χ0) is 8.97. The molecule has 1 aromatic heterocycles. The number of aromatic nitrogens is 2. The first-order valence-corrected chi connectivity index (χ1v) is 4.63. The number of thioether (sulfide) groups is 1. The van der Waals surface area contributed by atoms with Gasteiger partial charge in [0.2, 0.25) is 0 Å². The van der Waals surface area contributed by atoms with Gasteiger partial charge in [-0.25, -0.2) is 9.97 Å². The molecular formula is C7H10N4S. The molecule has 0 aliphatic carbocycles. The van der Waals surface area contributed by atoms with Gasteiger partial charge in [-0.15, -0.1) is 0 Å². The fraction of sp³-hybridized carbons (Fsp3) is 0.286. The van der Waals surface area contributed by atoms with E-state index in [1.54, 1.807) is 13.2 Å². The molecule has 0 bridgehead atoms. The molecule has 0 aliphatic rings. The summed E-state index contributed by atoms with van der Waals surface area (Å²) in [6.45, 7) is 0. The van der Waals surface area contributed by atoms with Gasteiger partial charge in [0.05, 0.1) is 5.56 Å². The van der Waals surface area contributed by atoms with Crippen LogP contribution in [-0.2, 0) is 0 Å². The fourth-order valence-corrected chi connectivity index (χ4v) is 1.12. The lowest BCUT2D eigenvalue weighted by Gasteiger charge is -2.03. The topological polar surface area (TPSA) is 61.7 Å². The van der Waals surface area contributed by atoms with Crippen molar-refractivity contribution in [2.45, 2.75) is 5.16 Å². The molecule has 0 unspecified atom stereocenters. The summed E-state index contributed by atoms with van der Waals surface area (Å²) in [6, 6.07) is 0. The lowest BCUT2D eigenvalue weighted by molar-refractivity contribution is 0.969. The molecule has 0 saturated carbocycles. The molecule has 1 rings (SSSR count). The Bertz CT molecular complexity index is 287. The molecule has 0 aromatic carbocycles. The summed E-state index contributed by atoms with van der Waals surface area (Å²) in [7, 11) is 1.78. The normalized spacial score (nSPS) is 9.50. The first-order valence-electron chi connectivity index (χ1n) is 3.41. The third-order valence-electron chi connectivity index (χ3n) is 1.37. The molecule has 0 fully saturated rings. The Labute approximate surface area is 75.3 Å². The molecule has 5 heteroatoms. The summed E-state index contributed by atoms with van der Waals surface area (Å²) in [6.07, 6.45) is 4.78. The van der Waals surface area contributed by atoms with Gasteiger partial charge in [0.25, 0.3) is 0 Å². The van der Waals surface area contributed by atoms with Crippen LogP contribution in [0.1, 0.15) is 5.56 Å². The van der Waals surface area contributed by atoms with Gasteiger partial charge in [-0.1, -0.05) is 11.8 Å². The van der Waals surface area contributed by atoms with Crippen molar-refractivity contribution in [3.63, 3.8) is 0 Å². The highest BCUT2D eigenvalue weighted by molar-refractivity contribution is 7.98. The minimum Gasteiger partial charge on any atom is -0.372 e. The van der Waals surface area contributed by atoms with Gasteiger partial charge >= 0.3 is 0 Å². The van der Waals surface area contributed by atoms with E-state index < -0.39 is 0 Å². The maximum Gasteiger partial charge on any atom is 0.189 e. The van der Waals surface area contributed by atoms with Crippen LogP contribution in [0.15, 0.2) is 11.4 Å². The lowest BCUT2D eigenvalue weighted by atomic mass is 10.3. The van der Waals surface area contributed by atoms with Gasteiger partial charge in [-0.05, 0) is 6.26 Å². The third-order valence-corrected chi connectivity index (χ3v) is 1.93. The molecule has 0 amide bonds. The minimum absolute atomic E-state index is 0.698. The van der Waals surface area contributed by atoms with E-state index in [4.69, 9.17) is 5.41 Å². The van der Waals surface area contributed by atoms with Gasteiger partial charge in [0.15, 0.2) is 5.16 Å². The fourth-order valence-electron chi connectivity index (χ4n) is 0.779. The molecule has 0 radical (unpaired) electrons. The second kappa shape index (κ2) is 4.06. The van der Waals surface area contributed by atoms with Crippen molar-refractivity contribution in [2.24, 2.45) is 0 Å². The average molecular weight is 182 g/mol. The van der Waals surface area contributed by atoms with Crippen LogP contribution >= 0.6 is 11.8 Å². The maximum absolute atomic E-state index is 7.06. The van der Waals surface area contributed by atoms with Gasteiger partial charge < -0.3 is 10.7 Å². The van der Waals surface area contributed by atoms with E-state index in [0.717, 1.165) is 0 Å². The molecule has 1 aromatic rings. The maximum atomic E-state index is 7.06. The van der Waals surface area contributed by atoms with Crippen molar-refractivity contribution in [2.75, 3.05) is 18.6 Å². The minimum atomic E-state index is 0.698. The van der Waals surface area contributed by atoms with Gasteiger partial charge in [-0.2, -0.15) is 0 Å². The van der Waals surface area contributed by atoms with E-state index in [1.807, 2.05) is 6.26 Å². The summed E-state index contributed by atoms with van der Waals surface area (Å²) in [5.41, 5.74) is 0.704. The SMILES string of the molecule is CNc1nc(SC)ncc1C=N.